The van der Waals surface area contributed by atoms with E-state index >= 15 is 0 Å². The van der Waals surface area contributed by atoms with Gasteiger partial charge in [0.05, 0.1) is 0 Å². The minimum atomic E-state index is -0.0336. The van der Waals surface area contributed by atoms with Gasteiger partial charge >= 0.3 is 0 Å². The number of methoxy groups -OCH3 is 1. The van der Waals surface area contributed by atoms with Crippen LogP contribution in [-0.2, 0) is 16.1 Å². The second kappa shape index (κ2) is 9.50. The van der Waals surface area contributed by atoms with Crippen LogP contribution in [0.4, 0.5) is 0 Å². The molecule has 4 nitrogen and oxygen atoms in total. The van der Waals surface area contributed by atoms with Crippen molar-refractivity contribution in [2.24, 2.45) is 0 Å². The fourth-order valence-corrected chi connectivity index (χ4v) is 2.58. The zero-order valence-corrected chi connectivity index (χ0v) is 14.0. The van der Waals surface area contributed by atoms with Gasteiger partial charge in [0.1, 0.15) is 18.5 Å². The van der Waals surface area contributed by atoms with Gasteiger partial charge in [-0.05, 0) is 25.3 Å². The van der Waals surface area contributed by atoms with E-state index in [0.717, 1.165) is 29.7 Å². The molecule has 0 fully saturated rings. The van der Waals surface area contributed by atoms with Crippen molar-refractivity contribution in [3.05, 3.63) is 59.4 Å². The molecule has 0 aromatic heterocycles. The molecule has 0 radical (unpaired) electrons. The summed E-state index contributed by atoms with van der Waals surface area (Å²) < 4.78 is 11.7. The molecule has 1 aromatic carbocycles. The molecule has 1 aliphatic carbocycles. The van der Waals surface area contributed by atoms with E-state index in [1.54, 1.807) is 7.11 Å². The summed E-state index contributed by atoms with van der Waals surface area (Å²) in [6.07, 6.45) is 5.76. The molecule has 0 bridgehead atoms. The minimum Gasteiger partial charge on any atom is -0.490 e. The number of benzene rings is 1. The number of hydrogen-bond donors (Lipinski definition) is 2. The van der Waals surface area contributed by atoms with Gasteiger partial charge in [-0.15, -0.1) is 0 Å². The zero-order chi connectivity index (χ0) is 16.5. The predicted octanol–water partition coefficient (Wildman–Crippen LogP) is 2.79. The molecule has 2 unspecified atom stereocenters. The van der Waals surface area contributed by atoms with E-state index < -0.39 is 0 Å². The van der Waals surface area contributed by atoms with Crippen LogP contribution in [0.15, 0.2) is 53.8 Å². The van der Waals surface area contributed by atoms with E-state index in [0.29, 0.717) is 13.2 Å². The van der Waals surface area contributed by atoms with Gasteiger partial charge in [0.25, 0.3) is 0 Å². The van der Waals surface area contributed by atoms with E-state index in [-0.39, 0.29) is 18.8 Å². The van der Waals surface area contributed by atoms with Gasteiger partial charge in [0, 0.05) is 31.9 Å². The fourth-order valence-electron chi connectivity index (χ4n) is 2.58. The van der Waals surface area contributed by atoms with E-state index in [1.807, 2.05) is 18.2 Å². The molecular formula is C19H27NO3. The fraction of sp³-hybridized carbons (Fsp3) is 0.474. The van der Waals surface area contributed by atoms with Crippen molar-refractivity contribution in [2.75, 3.05) is 20.3 Å². The molecule has 0 saturated heterocycles. The summed E-state index contributed by atoms with van der Waals surface area (Å²) >= 11 is 0. The van der Waals surface area contributed by atoms with Gasteiger partial charge in [-0.2, -0.15) is 0 Å². The Bertz CT molecular complexity index is 525. The lowest BCUT2D eigenvalue weighted by molar-refractivity contribution is 0.0558. The van der Waals surface area contributed by atoms with Gasteiger partial charge in [-0.1, -0.05) is 42.5 Å². The van der Waals surface area contributed by atoms with Crippen LogP contribution >= 0.6 is 0 Å². The van der Waals surface area contributed by atoms with Crippen LogP contribution in [0, 0.1) is 0 Å². The Labute approximate surface area is 138 Å². The lowest BCUT2D eigenvalue weighted by Crippen LogP contribution is -2.31. The van der Waals surface area contributed by atoms with Crippen molar-refractivity contribution in [3.8, 4) is 0 Å². The normalized spacial score (nSPS) is 19.0. The summed E-state index contributed by atoms with van der Waals surface area (Å²) in [7, 11) is 1.72. The first-order chi connectivity index (χ1) is 11.2. The molecule has 2 atom stereocenters. The molecule has 0 saturated carbocycles. The van der Waals surface area contributed by atoms with Crippen LogP contribution in [0.5, 0.6) is 0 Å². The number of ether oxygens (including phenoxy) is 2. The van der Waals surface area contributed by atoms with Crippen molar-refractivity contribution in [2.45, 2.75) is 38.5 Å². The molecule has 126 valence electrons. The molecule has 0 aliphatic heterocycles. The lowest BCUT2D eigenvalue weighted by atomic mass is 10.0. The average Bonchev–Trinajstić information content (AvgIpc) is 2.59. The molecule has 2 rings (SSSR count). The van der Waals surface area contributed by atoms with E-state index in [1.165, 1.54) is 0 Å². The van der Waals surface area contributed by atoms with Crippen molar-refractivity contribution in [1.82, 2.24) is 5.32 Å². The molecular weight excluding hydrogens is 290 g/mol. The Morgan fingerprint density at radius 2 is 2.09 bits per heavy atom. The maximum Gasteiger partial charge on any atom is 0.130 e. The number of hydrogen-bond acceptors (Lipinski definition) is 4. The largest absolute Gasteiger partial charge is 0.490 e. The summed E-state index contributed by atoms with van der Waals surface area (Å²) in [6.45, 7) is 3.52. The van der Waals surface area contributed by atoms with Crippen LogP contribution in [0.3, 0.4) is 0 Å². The molecule has 0 amide bonds. The van der Waals surface area contributed by atoms with Gasteiger partial charge in [0.15, 0.2) is 0 Å². The highest BCUT2D eigenvalue weighted by Gasteiger charge is 2.21. The monoisotopic (exact) mass is 317 g/mol. The maximum absolute atomic E-state index is 9.01. The summed E-state index contributed by atoms with van der Waals surface area (Å²) in [5, 5.41) is 12.4. The third-order valence-electron chi connectivity index (χ3n) is 4.00. The van der Waals surface area contributed by atoms with Gasteiger partial charge < -0.3 is 19.9 Å². The highest BCUT2D eigenvalue weighted by Crippen LogP contribution is 2.24. The number of aliphatic hydroxyl groups is 1. The van der Waals surface area contributed by atoms with Crippen molar-refractivity contribution < 1.29 is 14.6 Å². The second-order valence-electron chi connectivity index (χ2n) is 5.82. The van der Waals surface area contributed by atoms with E-state index in [4.69, 9.17) is 14.6 Å². The van der Waals surface area contributed by atoms with Crippen molar-refractivity contribution in [1.29, 1.82) is 0 Å². The average molecular weight is 317 g/mol. The highest BCUT2D eigenvalue weighted by molar-refractivity contribution is 5.31. The predicted molar refractivity (Wildman–Crippen MR) is 92.0 cm³/mol. The SMILES string of the molecule is COC1CC=CC(CNC(C)CCO)=C1OCc1ccccc1. The Morgan fingerprint density at radius 1 is 1.30 bits per heavy atom. The summed E-state index contributed by atoms with van der Waals surface area (Å²) in [6, 6.07) is 10.4. The van der Waals surface area contributed by atoms with Crippen LogP contribution in [0.25, 0.3) is 0 Å². The molecule has 0 heterocycles. The van der Waals surface area contributed by atoms with Crippen molar-refractivity contribution >= 4 is 0 Å². The second-order valence-corrected chi connectivity index (χ2v) is 5.82. The number of rotatable bonds is 9. The topological polar surface area (TPSA) is 50.7 Å². The van der Waals surface area contributed by atoms with Crippen LogP contribution < -0.4 is 5.32 Å². The summed E-state index contributed by atoms with van der Waals surface area (Å²) in [5.41, 5.74) is 2.26. The number of aliphatic hydroxyl groups excluding tert-OH is 1. The third kappa shape index (κ3) is 5.50. The quantitative estimate of drug-likeness (QED) is 0.735. The Balaban J connectivity index is 2.04. The summed E-state index contributed by atoms with van der Waals surface area (Å²) in [5.74, 6) is 0.905. The molecule has 4 heteroatoms. The zero-order valence-electron chi connectivity index (χ0n) is 14.0. The Hall–Kier alpha value is -1.62. The Kier molecular flexibility index (Phi) is 7.33. The van der Waals surface area contributed by atoms with E-state index in [2.05, 4.69) is 36.5 Å². The highest BCUT2D eigenvalue weighted by atomic mass is 16.5. The smallest absolute Gasteiger partial charge is 0.130 e. The molecule has 0 spiro atoms. The standard InChI is InChI=1S/C19H27NO3/c1-15(11-12-21)20-13-17-9-6-10-18(22-2)19(17)23-14-16-7-4-3-5-8-16/h3-9,15,18,20-21H,10-14H2,1-2H3. The Morgan fingerprint density at radius 3 is 2.78 bits per heavy atom. The van der Waals surface area contributed by atoms with E-state index in [9.17, 15) is 0 Å². The molecule has 1 aromatic rings. The third-order valence-corrected chi connectivity index (χ3v) is 4.00. The first-order valence-corrected chi connectivity index (χ1v) is 8.18. The van der Waals surface area contributed by atoms with Crippen LogP contribution in [0.1, 0.15) is 25.3 Å². The van der Waals surface area contributed by atoms with Crippen LogP contribution in [-0.4, -0.2) is 37.5 Å². The van der Waals surface area contributed by atoms with Gasteiger partial charge in [-0.3, -0.25) is 0 Å². The van der Waals surface area contributed by atoms with Gasteiger partial charge in [-0.25, -0.2) is 0 Å². The number of nitrogens with one attached hydrogen (secondary N) is 1. The summed E-state index contributed by atoms with van der Waals surface area (Å²) in [4.78, 5) is 0. The molecule has 2 N–H and O–H groups in total. The minimum absolute atomic E-state index is 0.0336. The van der Waals surface area contributed by atoms with Gasteiger partial charge in [0.2, 0.25) is 0 Å². The maximum atomic E-state index is 9.01. The molecule has 23 heavy (non-hydrogen) atoms. The van der Waals surface area contributed by atoms with Crippen LogP contribution in [0.2, 0.25) is 0 Å². The first-order valence-electron chi connectivity index (χ1n) is 8.18. The lowest BCUT2D eigenvalue weighted by Gasteiger charge is -2.25. The first kappa shape index (κ1) is 17.7. The molecule has 1 aliphatic rings. The van der Waals surface area contributed by atoms with Crippen molar-refractivity contribution in [3.63, 3.8) is 0 Å².